The summed E-state index contributed by atoms with van der Waals surface area (Å²) in [6.07, 6.45) is 3.84. The molecular weight excluding hydrogens is 318 g/mol. The molecule has 7 nitrogen and oxygen atoms in total. The number of benzene rings is 1. The molecule has 3 aromatic rings. The topological polar surface area (TPSA) is 85.0 Å². The highest BCUT2D eigenvalue weighted by molar-refractivity contribution is 5.88. The van der Waals surface area contributed by atoms with E-state index < -0.39 is 0 Å². The SMILES string of the molecule is Cn1nc(C2CC2)cc1NC(=O)NCCCc1nc2ccccc2o1. The molecule has 25 heavy (non-hydrogen) atoms. The number of amides is 2. The number of nitrogens with one attached hydrogen (secondary N) is 2. The molecule has 0 spiro atoms. The van der Waals surface area contributed by atoms with E-state index in [0.29, 0.717) is 24.8 Å². The predicted molar refractivity (Wildman–Crippen MR) is 94.5 cm³/mol. The van der Waals surface area contributed by atoms with Crippen LogP contribution in [0.5, 0.6) is 0 Å². The molecular formula is C18H21N5O2. The molecule has 2 aromatic heterocycles. The number of para-hydroxylation sites is 2. The average Bonchev–Trinajstić information content (AvgIpc) is 3.27. The van der Waals surface area contributed by atoms with E-state index >= 15 is 0 Å². The molecule has 0 bridgehead atoms. The molecule has 0 saturated heterocycles. The molecule has 0 radical (unpaired) electrons. The van der Waals surface area contributed by atoms with Gasteiger partial charge in [-0.1, -0.05) is 12.1 Å². The van der Waals surface area contributed by atoms with E-state index in [2.05, 4.69) is 20.7 Å². The number of hydrogen-bond acceptors (Lipinski definition) is 4. The number of urea groups is 1. The second-order valence-electron chi connectivity index (χ2n) is 6.41. The van der Waals surface area contributed by atoms with Gasteiger partial charge >= 0.3 is 6.03 Å². The van der Waals surface area contributed by atoms with Gasteiger partial charge in [0.15, 0.2) is 11.5 Å². The van der Waals surface area contributed by atoms with Crippen LogP contribution in [0.4, 0.5) is 10.6 Å². The van der Waals surface area contributed by atoms with Crippen LogP contribution < -0.4 is 10.6 Å². The van der Waals surface area contributed by atoms with E-state index in [1.807, 2.05) is 37.4 Å². The van der Waals surface area contributed by atoms with Crippen molar-refractivity contribution in [2.75, 3.05) is 11.9 Å². The zero-order valence-corrected chi connectivity index (χ0v) is 14.2. The molecule has 0 atom stereocenters. The lowest BCUT2D eigenvalue weighted by Crippen LogP contribution is -2.30. The maximum atomic E-state index is 12.0. The molecule has 1 aromatic carbocycles. The quantitative estimate of drug-likeness (QED) is 0.675. The first-order valence-electron chi connectivity index (χ1n) is 8.62. The summed E-state index contributed by atoms with van der Waals surface area (Å²) in [5, 5.41) is 10.1. The monoisotopic (exact) mass is 339 g/mol. The number of carbonyl (C=O) groups is 1. The Kier molecular flexibility index (Phi) is 4.13. The van der Waals surface area contributed by atoms with E-state index in [4.69, 9.17) is 4.42 Å². The van der Waals surface area contributed by atoms with Gasteiger partial charge in [0.2, 0.25) is 0 Å². The number of anilines is 1. The lowest BCUT2D eigenvalue weighted by molar-refractivity contribution is 0.251. The van der Waals surface area contributed by atoms with E-state index in [0.717, 1.165) is 29.0 Å². The van der Waals surface area contributed by atoms with Crippen LogP contribution >= 0.6 is 0 Å². The van der Waals surface area contributed by atoms with Gasteiger partial charge in [0.1, 0.15) is 11.3 Å². The number of oxazole rings is 1. The Balaban J connectivity index is 1.23. The molecule has 2 heterocycles. The Morgan fingerprint density at radius 1 is 1.36 bits per heavy atom. The van der Waals surface area contributed by atoms with Gasteiger partial charge in [0.05, 0.1) is 5.69 Å². The summed E-state index contributed by atoms with van der Waals surface area (Å²) in [6, 6.07) is 9.43. The Morgan fingerprint density at radius 3 is 3.00 bits per heavy atom. The maximum absolute atomic E-state index is 12.0. The van der Waals surface area contributed by atoms with Gasteiger partial charge in [-0.2, -0.15) is 5.10 Å². The predicted octanol–water partition coefficient (Wildman–Crippen LogP) is 3.19. The highest BCUT2D eigenvalue weighted by atomic mass is 16.3. The van der Waals surface area contributed by atoms with Crippen molar-refractivity contribution >= 4 is 22.9 Å². The van der Waals surface area contributed by atoms with Crippen molar-refractivity contribution in [2.24, 2.45) is 7.05 Å². The smallest absolute Gasteiger partial charge is 0.320 e. The van der Waals surface area contributed by atoms with Crippen molar-refractivity contribution in [3.8, 4) is 0 Å². The van der Waals surface area contributed by atoms with Crippen LogP contribution in [-0.4, -0.2) is 27.3 Å². The molecule has 1 fully saturated rings. The van der Waals surface area contributed by atoms with E-state index in [-0.39, 0.29) is 6.03 Å². The standard InChI is InChI=1S/C18H21N5O2/c1-23-16(11-14(22-23)12-8-9-12)21-18(24)19-10-4-7-17-20-13-5-2-3-6-15(13)25-17/h2-3,5-6,11-12H,4,7-10H2,1H3,(H2,19,21,24). The van der Waals surface area contributed by atoms with Crippen LogP contribution in [0.25, 0.3) is 11.1 Å². The number of nitrogens with zero attached hydrogens (tertiary/aromatic N) is 3. The number of aromatic nitrogens is 3. The molecule has 130 valence electrons. The van der Waals surface area contributed by atoms with Crippen LogP contribution in [0.15, 0.2) is 34.7 Å². The number of rotatable bonds is 6. The normalized spacial score (nSPS) is 14.0. The molecule has 1 aliphatic rings. The number of hydrogen-bond donors (Lipinski definition) is 2. The first kappa shape index (κ1) is 15.7. The summed E-state index contributed by atoms with van der Waals surface area (Å²) in [7, 11) is 1.84. The van der Waals surface area contributed by atoms with Gasteiger partial charge in [-0.3, -0.25) is 10.00 Å². The van der Waals surface area contributed by atoms with Gasteiger partial charge in [0, 0.05) is 32.0 Å². The fraction of sp³-hybridized carbons (Fsp3) is 0.389. The number of fused-ring (bicyclic) bond motifs is 1. The number of aryl methyl sites for hydroxylation is 2. The van der Waals surface area contributed by atoms with Gasteiger partial charge < -0.3 is 9.73 Å². The minimum absolute atomic E-state index is 0.220. The van der Waals surface area contributed by atoms with Gasteiger partial charge in [-0.25, -0.2) is 9.78 Å². The second kappa shape index (κ2) is 6.58. The fourth-order valence-electron chi connectivity index (χ4n) is 2.81. The Bertz CT molecular complexity index is 861. The van der Waals surface area contributed by atoms with Crippen LogP contribution in [0.1, 0.15) is 36.8 Å². The first-order chi connectivity index (χ1) is 12.2. The lowest BCUT2D eigenvalue weighted by atomic mass is 10.3. The summed E-state index contributed by atoms with van der Waals surface area (Å²) in [6.45, 7) is 0.553. The van der Waals surface area contributed by atoms with Crippen molar-refractivity contribution < 1.29 is 9.21 Å². The summed E-state index contributed by atoms with van der Waals surface area (Å²) in [4.78, 5) is 16.4. The Hall–Kier alpha value is -2.83. The highest BCUT2D eigenvalue weighted by Gasteiger charge is 2.27. The average molecular weight is 339 g/mol. The van der Waals surface area contributed by atoms with Crippen molar-refractivity contribution in [1.29, 1.82) is 0 Å². The number of carbonyl (C=O) groups excluding carboxylic acids is 1. The third-order valence-electron chi connectivity index (χ3n) is 4.33. The van der Waals surface area contributed by atoms with Gasteiger partial charge in [0.25, 0.3) is 0 Å². The molecule has 2 N–H and O–H groups in total. The Morgan fingerprint density at radius 2 is 2.20 bits per heavy atom. The lowest BCUT2D eigenvalue weighted by Gasteiger charge is -2.06. The van der Waals surface area contributed by atoms with Gasteiger partial charge in [-0.15, -0.1) is 0 Å². The zero-order chi connectivity index (χ0) is 17.2. The first-order valence-corrected chi connectivity index (χ1v) is 8.62. The molecule has 2 amide bonds. The summed E-state index contributed by atoms with van der Waals surface area (Å²) in [5.74, 6) is 1.99. The van der Waals surface area contributed by atoms with Crippen LogP contribution in [0.2, 0.25) is 0 Å². The minimum Gasteiger partial charge on any atom is -0.441 e. The molecule has 1 saturated carbocycles. The molecule has 1 aliphatic carbocycles. The van der Waals surface area contributed by atoms with Crippen molar-refractivity contribution in [2.45, 2.75) is 31.6 Å². The maximum Gasteiger partial charge on any atom is 0.320 e. The minimum atomic E-state index is -0.220. The summed E-state index contributed by atoms with van der Waals surface area (Å²) < 4.78 is 7.38. The van der Waals surface area contributed by atoms with Crippen molar-refractivity contribution in [3.63, 3.8) is 0 Å². The Labute approximate surface area is 145 Å². The molecule has 4 rings (SSSR count). The van der Waals surface area contributed by atoms with Crippen LogP contribution in [-0.2, 0) is 13.5 Å². The fourth-order valence-corrected chi connectivity index (χ4v) is 2.81. The second-order valence-corrected chi connectivity index (χ2v) is 6.41. The third-order valence-corrected chi connectivity index (χ3v) is 4.33. The summed E-state index contributed by atoms with van der Waals surface area (Å²) >= 11 is 0. The van der Waals surface area contributed by atoms with Crippen molar-refractivity contribution in [3.05, 3.63) is 41.9 Å². The van der Waals surface area contributed by atoms with Crippen LogP contribution in [0, 0.1) is 0 Å². The van der Waals surface area contributed by atoms with E-state index in [9.17, 15) is 4.79 Å². The largest absolute Gasteiger partial charge is 0.441 e. The highest BCUT2D eigenvalue weighted by Crippen LogP contribution is 2.39. The van der Waals surface area contributed by atoms with Crippen LogP contribution in [0.3, 0.4) is 0 Å². The van der Waals surface area contributed by atoms with E-state index in [1.165, 1.54) is 12.8 Å². The molecule has 0 unspecified atom stereocenters. The molecule has 0 aliphatic heterocycles. The van der Waals surface area contributed by atoms with Crippen molar-refractivity contribution in [1.82, 2.24) is 20.1 Å². The third kappa shape index (κ3) is 3.65. The zero-order valence-electron chi connectivity index (χ0n) is 14.2. The molecule has 7 heteroatoms. The van der Waals surface area contributed by atoms with Gasteiger partial charge in [-0.05, 0) is 31.4 Å². The summed E-state index contributed by atoms with van der Waals surface area (Å²) in [5.41, 5.74) is 2.73. The van der Waals surface area contributed by atoms with E-state index in [1.54, 1.807) is 4.68 Å².